The smallest absolute Gasteiger partial charge is 0.335 e. The van der Waals surface area contributed by atoms with Crippen molar-refractivity contribution >= 4 is 17.6 Å². The second-order valence-corrected chi connectivity index (χ2v) is 9.11. The molecule has 5 heteroatoms. The highest BCUT2D eigenvalue weighted by atomic mass is 16.5. The van der Waals surface area contributed by atoms with E-state index in [4.69, 9.17) is 4.74 Å². The number of carboxylic acids is 1. The van der Waals surface area contributed by atoms with Crippen molar-refractivity contribution in [3.8, 4) is 16.9 Å². The molecule has 0 aliphatic rings. The Morgan fingerprint density at radius 2 is 1.21 bits per heavy atom. The summed E-state index contributed by atoms with van der Waals surface area (Å²) in [5.74, 6) is -0.496. The summed E-state index contributed by atoms with van der Waals surface area (Å²) >= 11 is 0. The third kappa shape index (κ3) is 6.40. The molecule has 5 aromatic rings. The highest BCUT2D eigenvalue weighted by molar-refractivity contribution is 6.06. The van der Waals surface area contributed by atoms with E-state index >= 15 is 0 Å². The third-order valence-electron chi connectivity index (χ3n) is 6.40. The maximum atomic E-state index is 13.8. The first-order valence-corrected chi connectivity index (χ1v) is 12.6. The molecule has 0 saturated heterocycles. The van der Waals surface area contributed by atoms with Crippen molar-refractivity contribution in [1.29, 1.82) is 0 Å². The van der Waals surface area contributed by atoms with E-state index in [1.807, 2.05) is 109 Å². The fraction of sp³-hybridized carbons (Fsp3) is 0.0588. The Labute approximate surface area is 227 Å². The van der Waals surface area contributed by atoms with Crippen molar-refractivity contribution in [3.05, 3.63) is 156 Å². The van der Waals surface area contributed by atoms with Crippen LogP contribution in [-0.4, -0.2) is 17.0 Å². The number of rotatable bonds is 9. The topological polar surface area (TPSA) is 66.8 Å². The highest BCUT2D eigenvalue weighted by Gasteiger charge is 2.19. The fourth-order valence-electron chi connectivity index (χ4n) is 4.31. The number of hydrogen-bond donors (Lipinski definition) is 1. The van der Waals surface area contributed by atoms with Gasteiger partial charge < -0.3 is 14.7 Å². The molecule has 39 heavy (non-hydrogen) atoms. The van der Waals surface area contributed by atoms with Crippen LogP contribution < -0.4 is 9.64 Å². The Morgan fingerprint density at radius 3 is 1.87 bits per heavy atom. The zero-order chi connectivity index (χ0) is 27.0. The Balaban J connectivity index is 1.40. The average molecular weight is 514 g/mol. The van der Waals surface area contributed by atoms with Gasteiger partial charge in [-0.05, 0) is 70.8 Å². The molecule has 0 bridgehead atoms. The molecule has 0 saturated carbocycles. The minimum Gasteiger partial charge on any atom is -0.489 e. The van der Waals surface area contributed by atoms with Gasteiger partial charge in [0.05, 0.1) is 12.1 Å². The standard InChI is InChI=1S/C34H27NO4/c36-33(29-16-14-28(15-17-29)27-11-5-2-6-12-27)35(31-20-18-30(19-21-31)34(37)38)23-26-10-7-13-32(22-26)39-24-25-8-3-1-4-9-25/h1-22H,23-24H2,(H,37,38). The van der Waals surface area contributed by atoms with E-state index in [2.05, 4.69) is 0 Å². The van der Waals surface area contributed by atoms with Crippen LogP contribution in [0.3, 0.4) is 0 Å². The van der Waals surface area contributed by atoms with Gasteiger partial charge in [-0.25, -0.2) is 4.79 Å². The van der Waals surface area contributed by atoms with Gasteiger partial charge in [0.1, 0.15) is 12.4 Å². The second kappa shape index (κ2) is 11.9. The number of nitrogens with zero attached hydrogens (tertiary/aromatic N) is 1. The first-order valence-electron chi connectivity index (χ1n) is 12.6. The van der Waals surface area contributed by atoms with Crippen molar-refractivity contribution in [2.75, 3.05) is 4.90 Å². The molecule has 192 valence electrons. The highest BCUT2D eigenvalue weighted by Crippen LogP contribution is 2.25. The Kier molecular flexibility index (Phi) is 7.79. The van der Waals surface area contributed by atoms with Gasteiger partial charge >= 0.3 is 5.97 Å². The summed E-state index contributed by atoms with van der Waals surface area (Å²) in [6.07, 6.45) is 0. The molecular weight excluding hydrogens is 486 g/mol. The summed E-state index contributed by atoms with van der Waals surface area (Å²) in [5.41, 5.74) is 5.35. The molecule has 0 unspecified atom stereocenters. The van der Waals surface area contributed by atoms with Gasteiger partial charge in [-0.15, -0.1) is 0 Å². The zero-order valence-electron chi connectivity index (χ0n) is 21.2. The molecule has 0 fully saturated rings. The molecule has 5 rings (SSSR count). The first kappa shape index (κ1) is 25.5. The van der Waals surface area contributed by atoms with Crippen LogP contribution in [-0.2, 0) is 13.2 Å². The van der Waals surface area contributed by atoms with Crippen LogP contribution in [0.15, 0.2) is 133 Å². The van der Waals surface area contributed by atoms with E-state index in [1.165, 1.54) is 12.1 Å². The van der Waals surface area contributed by atoms with Crippen LogP contribution in [0.1, 0.15) is 31.8 Å². The lowest BCUT2D eigenvalue weighted by atomic mass is 10.0. The van der Waals surface area contributed by atoms with E-state index in [-0.39, 0.29) is 18.0 Å². The van der Waals surface area contributed by atoms with Crippen LogP contribution in [0.2, 0.25) is 0 Å². The van der Waals surface area contributed by atoms with E-state index in [0.29, 0.717) is 23.6 Å². The predicted molar refractivity (Wildman–Crippen MR) is 153 cm³/mol. The lowest BCUT2D eigenvalue weighted by molar-refractivity contribution is 0.0696. The van der Waals surface area contributed by atoms with Gasteiger partial charge in [0.2, 0.25) is 0 Å². The van der Waals surface area contributed by atoms with Crippen LogP contribution in [0, 0.1) is 0 Å². The van der Waals surface area contributed by atoms with Gasteiger partial charge in [0, 0.05) is 11.3 Å². The number of carbonyl (C=O) groups excluding carboxylic acids is 1. The number of amides is 1. The van der Waals surface area contributed by atoms with E-state index in [1.54, 1.807) is 17.0 Å². The third-order valence-corrected chi connectivity index (χ3v) is 6.40. The van der Waals surface area contributed by atoms with Gasteiger partial charge in [0.15, 0.2) is 0 Å². The van der Waals surface area contributed by atoms with Gasteiger partial charge in [0.25, 0.3) is 5.91 Å². The molecule has 5 aromatic carbocycles. The summed E-state index contributed by atoms with van der Waals surface area (Å²) < 4.78 is 5.99. The van der Waals surface area contributed by atoms with Crippen molar-refractivity contribution < 1.29 is 19.4 Å². The molecule has 0 spiro atoms. The molecule has 5 nitrogen and oxygen atoms in total. The molecule has 0 radical (unpaired) electrons. The summed E-state index contributed by atoms with van der Waals surface area (Å²) in [4.78, 5) is 26.8. The SMILES string of the molecule is O=C(O)c1ccc(N(Cc2cccc(OCc3ccccc3)c2)C(=O)c2ccc(-c3ccccc3)cc2)cc1. The minimum atomic E-state index is -1.01. The maximum absolute atomic E-state index is 13.8. The maximum Gasteiger partial charge on any atom is 0.335 e. The number of hydrogen-bond acceptors (Lipinski definition) is 3. The lowest BCUT2D eigenvalue weighted by Crippen LogP contribution is -2.30. The van der Waals surface area contributed by atoms with Crippen LogP contribution in [0.5, 0.6) is 5.75 Å². The van der Waals surface area contributed by atoms with Gasteiger partial charge in [-0.3, -0.25) is 4.79 Å². The molecule has 0 atom stereocenters. The van der Waals surface area contributed by atoms with E-state index in [0.717, 1.165) is 22.3 Å². The first-order chi connectivity index (χ1) is 19.1. The largest absolute Gasteiger partial charge is 0.489 e. The molecule has 0 heterocycles. The summed E-state index contributed by atoms with van der Waals surface area (Å²) in [6.45, 7) is 0.728. The van der Waals surface area contributed by atoms with Crippen LogP contribution in [0.4, 0.5) is 5.69 Å². The number of anilines is 1. The van der Waals surface area contributed by atoms with Crippen molar-refractivity contribution in [3.63, 3.8) is 0 Å². The molecule has 1 N–H and O–H groups in total. The summed E-state index contributed by atoms with van der Waals surface area (Å²) in [6, 6.07) is 41.4. The zero-order valence-corrected chi connectivity index (χ0v) is 21.2. The van der Waals surface area contributed by atoms with Crippen molar-refractivity contribution in [1.82, 2.24) is 0 Å². The Bertz CT molecular complexity index is 1550. The second-order valence-electron chi connectivity index (χ2n) is 9.11. The normalized spacial score (nSPS) is 10.6. The minimum absolute atomic E-state index is 0.162. The number of ether oxygens (including phenoxy) is 1. The number of benzene rings is 5. The number of carboxylic acid groups (broad SMARTS) is 1. The van der Waals surface area contributed by atoms with E-state index in [9.17, 15) is 14.7 Å². The Hall–Kier alpha value is -5.16. The Morgan fingerprint density at radius 1 is 0.615 bits per heavy atom. The molecule has 0 aliphatic heterocycles. The van der Waals surface area contributed by atoms with Crippen molar-refractivity contribution in [2.24, 2.45) is 0 Å². The van der Waals surface area contributed by atoms with E-state index < -0.39 is 5.97 Å². The quantitative estimate of drug-likeness (QED) is 0.222. The summed E-state index contributed by atoms with van der Waals surface area (Å²) in [7, 11) is 0. The molecule has 0 aromatic heterocycles. The lowest BCUT2D eigenvalue weighted by Gasteiger charge is -2.24. The van der Waals surface area contributed by atoms with Gasteiger partial charge in [-0.1, -0.05) is 84.9 Å². The van der Waals surface area contributed by atoms with Crippen LogP contribution in [0.25, 0.3) is 11.1 Å². The average Bonchev–Trinajstić information content (AvgIpc) is 3.00. The molecular formula is C34H27NO4. The number of aromatic carboxylic acids is 1. The monoisotopic (exact) mass is 513 g/mol. The van der Waals surface area contributed by atoms with Crippen LogP contribution >= 0.6 is 0 Å². The summed E-state index contributed by atoms with van der Waals surface area (Å²) in [5, 5.41) is 9.33. The predicted octanol–water partition coefficient (Wildman–Crippen LogP) is 7.48. The van der Waals surface area contributed by atoms with Gasteiger partial charge in [-0.2, -0.15) is 0 Å². The van der Waals surface area contributed by atoms with Crippen molar-refractivity contribution in [2.45, 2.75) is 13.2 Å². The number of carbonyl (C=O) groups is 2. The molecule has 0 aliphatic carbocycles. The molecule has 1 amide bonds. The fourth-order valence-corrected chi connectivity index (χ4v) is 4.31.